The molecule has 122 valence electrons. The van der Waals surface area contributed by atoms with Gasteiger partial charge in [0.15, 0.2) is 0 Å². The SMILES string of the molecule is CCCCCCCCCCCCOCCl.c1ccncc1. The van der Waals surface area contributed by atoms with Gasteiger partial charge < -0.3 is 4.74 Å². The van der Waals surface area contributed by atoms with Gasteiger partial charge in [0.2, 0.25) is 0 Å². The number of hydrogen-bond donors (Lipinski definition) is 0. The van der Waals surface area contributed by atoms with Gasteiger partial charge in [-0.3, -0.25) is 4.98 Å². The van der Waals surface area contributed by atoms with Crippen LogP contribution in [0.15, 0.2) is 30.6 Å². The first-order valence-electron chi connectivity index (χ1n) is 8.40. The number of ether oxygens (including phenoxy) is 1. The van der Waals surface area contributed by atoms with E-state index in [4.69, 9.17) is 16.3 Å². The van der Waals surface area contributed by atoms with E-state index in [1.165, 1.54) is 64.2 Å². The van der Waals surface area contributed by atoms with E-state index in [-0.39, 0.29) is 0 Å². The highest BCUT2D eigenvalue weighted by Gasteiger charge is 1.92. The van der Waals surface area contributed by atoms with Crippen LogP contribution in [0.4, 0.5) is 0 Å². The van der Waals surface area contributed by atoms with Crippen LogP contribution in [0.2, 0.25) is 0 Å². The molecule has 0 N–H and O–H groups in total. The average Bonchev–Trinajstić information content (AvgIpc) is 2.55. The quantitative estimate of drug-likeness (QED) is 0.338. The number of alkyl halides is 1. The minimum Gasteiger partial charge on any atom is -0.366 e. The maximum Gasteiger partial charge on any atom is 0.120 e. The van der Waals surface area contributed by atoms with E-state index >= 15 is 0 Å². The van der Waals surface area contributed by atoms with Crippen molar-refractivity contribution in [3.8, 4) is 0 Å². The van der Waals surface area contributed by atoms with Crippen LogP contribution < -0.4 is 0 Å². The molecule has 1 heterocycles. The fourth-order valence-corrected chi connectivity index (χ4v) is 2.17. The topological polar surface area (TPSA) is 22.1 Å². The molecule has 0 bridgehead atoms. The summed E-state index contributed by atoms with van der Waals surface area (Å²) in [7, 11) is 0. The third-order valence-electron chi connectivity index (χ3n) is 3.29. The van der Waals surface area contributed by atoms with Crippen molar-refractivity contribution in [2.75, 3.05) is 12.7 Å². The van der Waals surface area contributed by atoms with Crippen molar-refractivity contribution in [2.24, 2.45) is 0 Å². The van der Waals surface area contributed by atoms with E-state index in [0.717, 1.165) is 6.61 Å². The summed E-state index contributed by atoms with van der Waals surface area (Å²) in [5, 5.41) is 0. The van der Waals surface area contributed by atoms with E-state index in [1.54, 1.807) is 12.4 Å². The van der Waals surface area contributed by atoms with Gasteiger partial charge in [-0.05, 0) is 18.6 Å². The number of aromatic nitrogens is 1. The average molecular weight is 314 g/mol. The van der Waals surface area contributed by atoms with Gasteiger partial charge in [0.05, 0.1) is 0 Å². The Morgan fingerprint density at radius 3 is 1.67 bits per heavy atom. The molecule has 1 aromatic rings. The zero-order valence-corrected chi connectivity index (χ0v) is 14.4. The fourth-order valence-electron chi connectivity index (χ4n) is 2.06. The van der Waals surface area contributed by atoms with Crippen LogP contribution in [0, 0.1) is 0 Å². The molecule has 0 amide bonds. The first kappa shape index (κ1) is 20.4. The van der Waals surface area contributed by atoms with Gasteiger partial charge in [-0.1, -0.05) is 82.4 Å². The highest BCUT2D eigenvalue weighted by atomic mass is 35.5. The third kappa shape index (κ3) is 19.4. The molecule has 0 aliphatic heterocycles. The van der Waals surface area contributed by atoms with Crippen molar-refractivity contribution < 1.29 is 4.74 Å². The molecule has 21 heavy (non-hydrogen) atoms. The summed E-state index contributed by atoms with van der Waals surface area (Å²) in [4.78, 5) is 3.78. The third-order valence-corrected chi connectivity index (χ3v) is 3.44. The predicted octanol–water partition coefficient (Wildman–Crippen LogP) is 6.20. The highest BCUT2D eigenvalue weighted by Crippen LogP contribution is 2.10. The molecule has 0 aromatic carbocycles. The Morgan fingerprint density at radius 2 is 1.29 bits per heavy atom. The normalized spacial score (nSPS) is 10.0. The van der Waals surface area contributed by atoms with Gasteiger partial charge >= 0.3 is 0 Å². The molecular formula is C18H32ClNO. The summed E-state index contributed by atoms with van der Waals surface area (Å²) in [5.41, 5.74) is 0. The zero-order chi connectivity index (χ0) is 15.4. The molecule has 0 aliphatic carbocycles. The molecule has 0 aliphatic rings. The lowest BCUT2D eigenvalue weighted by Gasteiger charge is -2.02. The second kappa shape index (κ2) is 19.4. The Morgan fingerprint density at radius 1 is 0.762 bits per heavy atom. The van der Waals surface area contributed by atoms with E-state index in [9.17, 15) is 0 Å². The number of nitrogens with zero attached hydrogens (tertiary/aromatic N) is 1. The van der Waals surface area contributed by atoms with Crippen molar-refractivity contribution in [1.29, 1.82) is 0 Å². The van der Waals surface area contributed by atoms with Gasteiger partial charge in [0.1, 0.15) is 6.07 Å². The maximum atomic E-state index is 5.40. The Labute approximate surface area is 136 Å². The van der Waals surface area contributed by atoms with Crippen molar-refractivity contribution in [1.82, 2.24) is 4.98 Å². The summed E-state index contributed by atoms with van der Waals surface area (Å²) in [6, 6.07) is 6.06. The first-order chi connectivity index (χ1) is 10.4. The van der Waals surface area contributed by atoms with Crippen molar-refractivity contribution >= 4 is 11.6 Å². The van der Waals surface area contributed by atoms with E-state index in [1.807, 2.05) is 18.2 Å². The highest BCUT2D eigenvalue weighted by molar-refractivity contribution is 6.17. The van der Waals surface area contributed by atoms with Crippen LogP contribution in [0.1, 0.15) is 71.1 Å². The van der Waals surface area contributed by atoms with Crippen molar-refractivity contribution in [3.05, 3.63) is 30.6 Å². The molecular weight excluding hydrogens is 282 g/mol. The van der Waals surface area contributed by atoms with Crippen molar-refractivity contribution in [3.63, 3.8) is 0 Å². The maximum absolute atomic E-state index is 5.40. The van der Waals surface area contributed by atoms with E-state index in [2.05, 4.69) is 11.9 Å². The molecule has 1 aromatic heterocycles. The second-order valence-electron chi connectivity index (χ2n) is 5.22. The first-order valence-corrected chi connectivity index (χ1v) is 8.94. The standard InChI is InChI=1S/C13H27ClO.C5H5N/c1-2-3-4-5-6-7-8-9-10-11-12-15-13-14;1-2-4-6-5-3-1/h2-13H2,1H3;1-5H. The minimum absolute atomic E-state index is 0.345. The summed E-state index contributed by atoms with van der Waals surface area (Å²) in [5.74, 6) is 0. The minimum atomic E-state index is 0.345. The Hall–Kier alpha value is -0.600. The molecule has 0 saturated heterocycles. The molecule has 1 rings (SSSR count). The summed E-state index contributed by atoms with van der Waals surface area (Å²) < 4.78 is 5.07. The predicted molar refractivity (Wildman–Crippen MR) is 92.8 cm³/mol. The van der Waals surface area contributed by atoms with Gasteiger partial charge in [0.25, 0.3) is 0 Å². The van der Waals surface area contributed by atoms with Crippen LogP contribution in [0.25, 0.3) is 0 Å². The molecule has 3 heteroatoms. The van der Waals surface area contributed by atoms with Crippen LogP contribution in [0.5, 0.6) is 0 Å². The molecule has 0 spiro atoms. The lowest BCUT2D eigenvalue weighted by molar-refractivity contribution is 0.173. The van der Waals surface area contributed by atoms with Crippen LogP contribution in [-0.2, 0) is 4.74 Å². The molecule has 0 saturated carbocycles. The summed E-state index contributed by atoms with van der Waals surface area (Å²) >= 11 is 5.40. The Kier molecular flexibility index (Phi) is 18.8. The fraction of sp³-hybridized carbons (Fsp3) is 0.722. The molecule has 0 unspecified atom stereocenters. The van der Waals surface area contributed by atoms with Gasteiger partial charge in [-0.25, -0.2) is 0 Å². The van der Waals surface area contributed by atoms with Crippen LogP contribution in [0.3, 0.4) is 0 Å². The van der Waals surface area contributed by atoms with Gasteiger partial charge in [-0.15, -0.1) is 0 Å². The molecule has 0 radical (unpaired) electrons. The number of unbranched alkanes of at least 4 members (excludes halogenated alkanes) is 9. The Bertz CT molecular complexity index is 230. The van der Waals surface area contributed by atoms with E-state index in [0.29, 0.717) is 6.07 Å². The monoisotopic (exact) mass is 313 g/mol. The summed E-state index contributed by atoms with van der Waals surface area (Å²) in [6.07, 6.45) is 17.2. The summed E-state index contributed by atoms with van der Waals surface area (Å²) in [6.45, 7) is 3.10. The molecule has 2 nitrogen and oxygen atoms in total. The van der Waals surface area contributed by atoms with Crippen LogP contribution >= 0.6 is 11.6 Å². The van der Waals surface area contributed by atoms with Gasteiger partial charge in [0, 0.05) is 19.0 Å². The number of halogens is 1. The lowest BCUT2D eigenvalue weighted by atomic mass is 10.1. The van der Waals surface area contributed by atoms with Crippen molar-refractivity contribution in [2.45, 2.75) is 71.1 Å². The largest absolute Gasteiger partial charge is 0.366 e. The number of hydrogen-bond acceptors (Lipinski definition) is 2. The lowest BCUT2D eigenvalue weighted by Crippen LogP contribution is -1.91. The van der Waals surface area contributed by atoms with Crippen LogP contribution in [-0.4, -0.2) is 17.7 Å². The second-order valence-corrected chi connectivity index (χ2v) is 5.44. The molecule has 0 atom stereocenters. The molecule has 0 fully saturated rings. The number of rotatable bonds is 12. The van der Waals surface area contributed by atoms with Gasteiger partial charge in [-0.2, -0.15) is 0 Å². The Balaban J connectivity index is 0.000000547. The van der Waals surface area contributed by atoms with E-state index < -0.39 is 0 Å². The zero-order valence-electron chi connectivity index (χ0n) is 13.6. The number of pyridine rings is 1. The smallest absolute Gasteiger partial charge is 0.120 e.